The predicted molar refractivity (Wildman–Crippen MR) is 106 cm³/mol. The van der Waals surface area contributed by atoms with E-state index in [4.69, 9.17) is 21.1 Å². The number of hydrogen-bond donors (Lipinski definition) is 8. The minimum absolute atomic E-state index is 0.289. The Morgan fingerprint density at radius 2 is 1.26 bits per heavy atom. The Balaban J connectivity index is 5.25. The van der Waals surface area contributed by atoms with Crippen LogP contribution in [0.4, 0.5) is 0 Å². The molecule has 9 N–H and O–H groups in total. The van der Waals surface area contributed by atoms with Crippen LogP contribution >= 0.6 is 11.8 Å². The third kappa shape index (κ3) is 11.2. The summed E-state index contributed by atoms with van der Waals surface area (Å²) in [4.78, 5) is 69.4. The molecule has 0 aliphatic carbocycles. The summed E-state index contributed by atoms with van der Waals surface area (Å²) in [6.07, 6.45) is 0.124. The van der Waals surface area contributed by atoms with Gasteiger partial charge in [-0.25, -0.2) is 4.79 Å². The van der Waals surface area contributed by atoms with Crippen LogP contribution in [0.15, 0.2) is 0 Å². The van der Waals surface area contributed by atoms with Crippen molar-refractivity contribution in [1.82, 2.24) is 16.0 Å². The van der Waals surface area contributed by atoms with Gasteiger partial charge in [0.15, 0.2) is 0 Å². The van der Waals surface area contributed by atoms with Crippen molar-refractivity contribution in [3.63, 3.8) is 0 Å². The van der Waals surface area contributed by atoms with Crippen LogP contribution in [-0.4, -0.2) is 98.8 Å². The summed E-state index contributed by atoms with van der Waals surface area (Å²) >= 11 is 1.44. The quantitative estimate of drug-likeness (QED) is 0.117. The second kappa shape index (κ2) is 14.2. The fourth-order valence-electron chi connectivity index (χ4n) is 2.15. The molecule has 0 aromatic rings. The molecule has 0 saturated carbocycles. The van der Waals surface area contributed by atoms with E-state index in [-0.39, 0.29) is 6.42 Å². The second-order valence-electron chi connectivity index (χ2n) is 6.29. The van der Waals surface area contributed by atoms with Crippen molar-refractivity contribution in [2.24, 2.45) is 5.73 Å². The minimum Gasteiger partial charge on any atom is -0.481 e. The molecule has 0 fully saturated rings. The van der Waals surface area contributed by atoms with E-state index in [1.807, 2.05) is 10.6 Å². The number of nitrogens with one attached hydrogen (secondary N) is 3. The number of thioether (sulfide) groups is 1. The molecule has 0 radical (unpaired) electrons. The maximum Gasteiger partial charge on any atom is 0.326 e. The lowest BCUT2D eigenvalue weighted by Crippen LogP contribution is -2.58. The van der Waals surface area contributed by atoms with Gasteiger partial charge in [-0.1, -0.05) is 0 Å². The molecule has 0 spiro atoms. The smallest absolute Gasteiger partial charge is 0.326 e. The Kier molecular flexibility index (Phi) is 12.8. The summed E-state index contributed by atoms with van der Waals surface area (Å²) in [7, 11) is 0. The van der Waals surface area contributed by atoms with Crippen LogP contribution in [0.2, 0.25) is 0 Å². The van der Waals surface area contributed by atoms with Crippen LogP contribution in [0.5, 0.6) is 0 Å². The van der Waals surface area contributed by atoms with Crippen LogP contribution in [0.1, 0.15) is 19.3 Å². The number of carbonyl (C=O) groups excluding carboxylic acids is 3. The summed E-state index contributed by atoms with van der Waals surface area (Å²) in [6.45, 7) is -0.898. The maximum absolute atomic E-state index is 12.3. The molecule has 0 rings (SSSR count). The highest BCUT2D eigenvalue weighted by molar-refractivity contribution is 7.98. The van der Waals surface area contributed by atoms with Crippen molar-refractivity contribution >= 4 is 47.4 Å². The van der Waals surface area contributed by atoms with E-state index in [0.717, 1.165) is 0 Å². The van der Waals surface area contributed by atoms with E-state index in [0.29, 0.717) is 5.75 Å². The number of hydrogen-bond acceptors (Lipinski definition) is 9. The molecule has 15 heteroatoms. The molecule has 0 heterocycles. The van der Waals surface area contributed by atoms with Crippen molar-refractivity contribution in [2.45, 2.75) is 43.4 Å². The molecule has 4 unspecified atom stereocenters. The number of carboxylic acids is 3. The van der Waals surface area contributed by atoms with Crippen LogP contribution in [0.3, 0.4) is 0 Å². The third-order valence-corrected chi connectivity index (χ3v) is 4.43. The van der Waals surface area contributed by atoms with Crippen molar-refractivity contribution in [3.05, 3.63) is 0 Å². The van der Waals surface area contributed by atoms with Gasteiger partial charge < -0.3 is 42.1 Å². The van der Waals surface area contributed by atoms with Crippen molar-refractivity contribution in [2.75, 3.05) is 18.6 Å². The zero-order valence-corrected chi connectivity index (χ0v) is 17.4. The molecule has 0 aromatic heterocycles. The van der Waals surface area contributed by atoms with Gasteiger partial charge in [-0.05, 0) is 18.4 Å². The third-order valence-electron chi connectivity index (χ3n) is 3.79. The van der Waals surface area contributed by atoms with Gasteiger partial charge in [-0.2, -0.15) is 11.8 Å². The molecule has 3 amide bonds. The standard InChI is InChI=1S/C16H26N4O10S/c1-31-3-2-7(17)13(26)20-10(6-21)15(28)18-8(4-11(22)23)14(27)19-9(16(29)30)5-12(24)25/h7-10,21H,2-6,17H2,1H3,(H,18,28)(H,19,27)(H,20,26)(H,22,23)(H,24,25)(H,29,30). The zero-order valence-electron chi connectivity index (χ0n) is 16.6. The van der Waals surface area contributed by atoms with E-state index >= 15 is 0 Å². The molecular formula is C16H26N4O10S. The van der Waals surface area contributed by atoms with Crippen LogP contribution in [0, 0.1) is 0 Å². The molecule has 0 aromatic carbocycles. The SMILES string of the molecule is CSCCC(N)C(=O)NC(CO)C(=O)NC(CC(=O)O)C(=O)NC(CC(=O)O)C(=O)O. The van der Waals surface area contributed by atoms with Gasteiger partial charge in [0.2, 0.25) is 17.7 Å². The molecule has 14 nitrogen and oxygen atoms in total. The lowest BCUT2D eigenvalue weighted by molar-refractivity contribution is -0.148. The summed E-state index contributed by atoms with van der Waals surface area (Å²) in [5, 5.41) is 42.0. The Morgan fingerprint density at radius 3 is 1.71 bits per heavy atom. The predicted octanol–water partition coefficient (Wildman–Crippen LogP) is -3.45. The first-order chi connectivity index (χ1) is 14.4. The number of nitrogens with two attached hydrogens (primary N) is 1. The zero-order chi connectivity index (χ0) is 24.1. The number of carbonyl (C=O) groups is 6. The average molecular weight is 466 g/mol. The molecule has 31 heavy (non-hydrogen) atoms. The number of aliphatic hydroxyl groups excluding tert-OH is 1. The van der Waals surface area contributed by atoms with Crippen molar-refractivity contribution < 1.29 is 49.2 Å². The van der Waals surface area contributed by atoms with Gasteiger partial charge in [0.05, 0.1) is 25.5 Å². The summed E-state index contributed by atoms with van der Waals surface area (Å²) in [6, 6.07) is -6.22. The topological polar surface area (TPSA) is 245 Å². The van der Waals surface area contributed by atoms with Crippen LogP contribution in [0.25, 0.3) is 0 Å². The lowest BCUT2D eigenvalue weighted by atomic mass is 10.1. The lowest BCUT2D eigenvalue weighted by Gasteiger charge is -2.23. The fraction of sp³-hybridized carbons (Fsp3) is 0.625. The Bertz CT molecular complexity index is 689. The van der Waals surface area contributed by atoms with Gasteiger partial charge in [0, 0.05) is 0 Å². The van der Waals surface area contributed by atoms with E-state index in [9.17, 15) is 33.9 Å². The Hall–Kier alpha value is -2.91. The molecule has 0 saturated heterocycles. The van der Waals surface area contributed by atoms with Crippen molar-refractivity contribution in [1.29, 1.82) is 0 Å². The van der Waals surface area contributed by atoms with Gasteiger partial charge in [0.25, 0.3) is 0 Å². The molecule has 0 aliphatic heterocycles. The molecule has 176 valence electrons. The number of carboxylic acid groups (broad SMARTS) is 3. The Labute approximate surface area is 180 Å². The summed E-state index contributed by atoms with van der Waals surface area (Å²) in [5.74, 6) is -7.34. The van der Waals surface area contributed by atoms with E-state index in [2.05, 4.69) is 5.32 Å². The van der Waals surface area contributed by atoms with Gasteiger partial charge in [-0.15, -0.1) is 0 Å². The second-order valence-corrected chi connectivity index (χ2v) is 7.27. The molecular weight excluding hydrogens is 440 g/mol. The van der Waals surface area contributed by atoms with Gasteiger partial charge >= 0.3 is 17.9 Å². The van der Waals surface area contributed by atoms with Crippen LogP contribution < -0.4 is 21.7 Å². The number of aliphatic carboxylic acids is 3. The first kappa shape index (κ1) is 28.1. The number of amides is 3. The summed E-state index contributed by atoms with van der Waals surface area (Å²) < 4.78 is 0. The van der Waals surface area contributed by atoms with E-state index in [1.165, 1.54) is 11.8 Å². The molecule has 4 atom stereocenters. The van der Waals surface area contributed by atoms with Gasteiger partial charge in [-0.3, -0.25) is 24.0 Å². The highest BCUT2D eigenvalue weighted by Crippen LogP contribution is 2.01. The average Bonchev–Trinajstić information content (AvgIpc) is 2.67. The normalized spacial score (nSPS) is 14.4. The minimum atomic E-state index is -1.87. The van der Waals surface area contributed by atoms with E-state index < -0.39 is 79.2 Å². The Morgan fingerprint density at radius 1 is 0.806 bits per heavy atom. The maximum atomic E-state index is 12.3. The fourth-order valence-corrected chi connectivity index (χ4v) is 2.64. The van der Waals surface area contributed by atoms with Crippen molar-refractivity contribution in [3.8, 4) is 0 Å². The summed E-state index contributed by atoms with van der Waals surface area (Å²) in [5.41, 5.74) is 5.66. The monoisotopic (exact) mass is 466 g/mol. The van der Waals surface area contributed by atoms with Gasteiger partial charge in [0.1, 0.15) is 18.1 Å². The molecule has 0 aliphatic rings. The molecule has 0 bridgehead atoms. The van der Waals surface area contributed by atoms with Crippen LogP contribution in [-0.2, 0) is 28.8 Å². The van der Waals surface area contributed by atoms with E-state index in [1.54, 1.807) is 6.26 Å². The first-order valence-corrected chi connectivity index (χ1v) is 10.2. The highest BCUT2D eigenvalue weighted by Gasteiger charge is 2.32. The highest BCUT2D eigenvalue weighted by atomic mass is 32.2. The number of rotatable bonds is 15. The first-order valence-electron chi connectivity index (χ1n) is 8.85. The number of aliphatic hydroxyl groups is 1. The largest absolute Gasteiger partial charge is 0.481 e.